The Kier molecular flexibility index (Phi) is 6.55. The summed E-state index contributed by atoms with van der Waals surface area (Å²) in [6, 6.07) is 13.9. The number of halogens is 1. The molecule has 0 spiro atoms. The zero-order chi connectivity index (χ0) is 19.9. The van der Waals surface area contributed by atoms with Crippen LogP contribution >= 0.6 is 0 Å². The van der Waals surface area contributed by atoms with E-state index in [-0.39, 0.29) is 23.7 Å². The minimum Gasteiger partial charge on any atom is -0.348 e. The van der Waals surface area contributed by atoms with Gasteiger partial charge in [0.15, 0.2) is 0 Å². The number of carbonyl (C=O) groups excluding carboxylic acids is 2. The van der Waals surface area contributed by atoms with Gasteiger partial charge in [-0.25, -0.2) is 4.39 Å². The van der Waals surface area contributed by atoms with Crippen molar-refractivity contribution in [2.45, 2.75) is 19.0 Å². The molecule has 1 atom stereocenters. The molecule has 5 nitrogen and oxygen atoms in total. The van der Waals surface area contributed by atoms with Crippen LogP contribution in [0, 0.1) is 5.82 Å². The van der Waals surface area contributed by atoms with Gasteiger partial charge in [-0.15, -0.1) is 0 Å². The highest BCUT2D eigenvalue weighted by atomic mass is 19.1. The largest absolute Gasteiger partial charge is 0.348 e. The van der Waals surface area contributed by atoms with E-state index in [1.54, 1.807) is 24.3 Å². The second-order valence-electron chi connectivity index (χ2n) is 6.85. The number of hydrogen-bond acceptors (Lipinski definition) is 3. The smallest absolute Gasteiger partial charge is 0.253 e. The van der Waals surface area contributed by atoms with Gasteiger partial charge in [0.2, 0.25) is 5.91 Å². The van der Waals surface area contributed by atoms with Gasteiger partial charge in [-0.2, -0.15) is 0 Å². The molecule has 2 amide bonds. The van der Waals surface area contributed by atoms with Gasteiger partial charge < -0.3 is 15.5 Å². The summed E-state index contributed by atoms with van der Waals surface area (Å²) < 4.78 is 13.1. The van der Waals surface area contributed by atoms with E-state index in [1.165, 1.54) is 18.2 Å². The van der Waals surface area contributed by atoms with Crippen LogP contribution in [-0.2, 0) is 17.8 Å². The van der Waals surface area contributed by atoms with E-state index in [9.17, 15) is 14.0 Å². The second kappa shape index (κ2) is 9.28. The first-order valence-electron chi connectivity index (χ1n) is 9.31. The Balaban J connectivity index is 1.57. The molecule has 1 fully saturated rings. The Morgan fingerprint density at radius 1 is 1.14 bits per heavy atom. The highest BCUT2D eigenvalue weighted by molar-refractivity contribution is 5.94. The molecule has 28 heavy (non-hydrogen) atoms. The molecule has 1 aliphatic rings. The van der Waals surface area contributed by atoms with Crippen molar-refractivity contribution in [3.63, 3.8) is 0 Å². The number of nitrogens with zero attached hydrogens (tertiary/aromatic N) is 1. The van der Waals surface area contributed by atoms with Crippen molar-refractivity contribution in [2.24, 2.45) is 0 Å². The SMILES string of the molecule is C=CC(=O)NCc1ccc(C(=O)N2CCNC(Cc3ccc(F)cc3)C2)cc1. The normalized spacial score (nSPS) is 16.5. The van der Waals surface area contributed by atoms with E-state index in [0.717, 1.165) is 24.1 Å². The molecule has 0 radical (unpaired) electrons. The average molecular weight is 381 g/mol. The third-order valence-electron chi connectivity index (χ3n) is 4.79. The lowest BCUT2D eigenvalue weighted by Gasteiger charge is -2.34. The quantitative estimate of drug-likeness (QED) is 0.755. The first-order valence-corrected chi connectivity index (χ1v) is 9.31. The molecule has 6 heteroatoms. The number of amides is 2. The molecule has 3 rings (SSSR count). The van der Waals surface area contributed by atoms with Crippen molar-refractivity contribution < 1.29 is 14.0 Å². The molecule has 0 aromatic heterocycles. The van der Waals surface area contributed by atoms with Crippen molar-refractivity contribution in [3.05, 3.63) is 83.7 Å². The van der Waals surface area contributed by atoms with Gasteiger partial charge in [-0.1, -0.05) is 30.8 Å². The average Bonchev–Trinajstić information content (AvgIpc) is 2.73. The number of carbonyl (C=O) groups is 2. The topological polar surface area (TPSA) is 61.4 Å². The Morgan fingerprint density at radius 3 is 2.50 bits per heavy atom. The minimum absolute atomic E-state index is 0.00715. The number of rotatable bonds is 6. The van der Waals surface area contributed by atoms with Crippen LogP contribution in [0.25, 0.3) is 0 Å². The predicted octanol–water partition coefficient (Wildman–Crippen LogP) is 2.28. The van der Waals surface area contributed by atoms with E-state index >= 15 is 0 Å². The minimum atomic E-state index is -0.246. The summed E-state index contributed by atoms with van der Waals surface area (Å²) in [5.41, 5.74) is 2.58. The third kappa shape index (κ3) is 5.27. The van der Waals surface area contributed by atoms with E-state index in [0.29, 0.717) is 25.2 Å². The van der Waals surface area contributed by atoms with E-state index in [4.69, 9.17) is 0 Å². The standard InChI is InChI=1S/C22H24FN3O2/c1-2-21(27)25-14-17-3-7-18(8-4-17)22(28)26-12-11-24-20(15-26)13-16-5-9-19(23)10-6-16/h2-10,20,24H,1,11-15H2,(H,25,27). The number of piperazine rings is 1. The zero-order valence-corrected chi connectivity index (χ0v) is 15.7. The Hall–Kier alpha value is -2.99. The van der Waals surface area contributed by atoms with Crippen molar-refractivity contribution in [2.75, 3.05) is 19.6 Å². The first-order chi connectivity index (χ1) is 13.5. The molecule has 2 aromatic rings. The van der Waals surface area contributed by atoms with Crippen LogP contribution in [0.1, 0.15) is 21.5 Å². The van der Waals surface area contributed by atoms with Gasteiger partial charge in [-0.3, -0.25) is 9.59 Å². The summed E-state index contributed by atoms with van der Waals surface area (Å²) in [5, 5.41) is 6.13. The summed E-state index contributed by atoms with van der Waals surface area (Å²) in [5.74, 6) is -0.481. The summed E-state index contributed by atoms with van der Waals surface area (Å²) in [4.78, 5) is 25.9. The molecule has 2 aromatic carbocycles. The second-order valence-corrected chi connectivity index (χ2v) is 6.85. The zero-order valence-electron chi connectivity index (χ0n) is 15.7. The van der Waals surface area contributed by atoms with Gasteiger partial charge in [0.1, 0.15) is 5.82 Å². The Bertz CT molecular complexity index is 834. The van der Waals surface area contributed by atoms with E-state index < -0.39 is 0 Å². The fourth-order valence-electron chi connectivity index (χ4n) is 3.26. The Morgan fingerprint density at radius 2 is 1.82 bits per heavy atom. The monoisotopic (exact) mass is 381 g/mol. The maximum Gasteiger partial charge on any atom is 0.253 e. The molecule has 0 bridgehead atoms. The Labute approximate surface area is 164 Å². The molecular weight excluding hydrogens is 357 g/mol. The van der Waals surface area contributed by atoms with Crippen LogP contribution < -0.4 is 10.6 Å². The highest BCUT2D eigenvalue weighted by Gasteiger charge is 2.24. The lowest BCUT2D eigenvalue weighted by Crippen LogP contribution is -2.53. The summed E-state index contributed by atoms with van der Waals surface area (Å²) >= 11 is 0. The van der Waals surface area contributed by atoms with Crippen molar-refractivity contribution in [1.29, 1.82) is 0 Å². The van der Waals surface area contributed by atoms with Crippen LogP contribution in [0.5, 0.6) is 0 Å². The van der Waals surface area contributed by atoms with Crippen LogP contribution in [0.2, 0.25) is 0 Å². The van der Waals surface area contributed by atoms with Gasteiger partial charge in [0, 0.05) is 37.8 Å². The summed E-state index contributed by atoms with van der Waals surface area (Å²) in [6.45, 7) is 5.79. The van der Waals surface area contributed by atoms with Crippen molar-refractivity contribution in [3.8, 4) is 0 Å². The van der Waals surface area contributed by atoms with Crippen LogP contribution in [0.15, 0.2) is 61.2 Å². The predicted molar refractivity (Wildman–Crippen MR) is 106 cm³/mol. The molecule has 0 aliphatic carbocycles. The lowest BCUT2D eigenvalue weighted by atomic mass is 10.0. The van der Waals surface area contributed by atoms with Gasteiger partial charge in [0.05, 0.1) is 0 Å². The fourth-order valence-corrected chi connectivity index (χ4v) is 3.26. The molecule has 1 saturated heterocycles. The maximum atomic E-state index is 13.1. The van der Waals surface area contributed by atoms with Crippen molar-refractivity contribution >= 4 is 11.8 Å². The van der Waals surface area contributed by atoms with Gasteiger partial charge in [0.25, 0.3) is 5.91 Å². The van der Waals surface area contributed by atoms with Crippen LogP contribution in [-0.4, -0.2) is 42.4 Å². The number of hydrogen-bond donors (Lipinski definition) is 2. The summed E-state index contributed by atoms with van der Waals surface area (Å²) in [6.07, 6.45) is 1.97. The maximum absolute atomic E-state index is 13.1. The van der Waals surface area contributed by atoms with E-state index in [2.05, 4.69) is 17.2 Å². The molecule has 1 heterocycles. The summed E-state index contributed by atoms with van der Waals surface area (Å²) in [7, 11) is 0. The number of nitrogens with one attached hydrogen (secondary N) is 2. The fraction of sp³-hybridized carbons (Fsp3) is 0.273. The molecule has 0 saturated carbocycles. The molecular formula is C22H24FN3O2. The van der Waals surface area contributed by atoms with Crippen LogP contribution in [0.3, 0.4) is 0 Å². The van der Waals surface area contributed by atoms with Gasteiger partial charge in [-0.05, 0) is 47.9 Å². The molecule has 1 unspecified atom stereocenters. The van der Waals surface area contributed by atoms with Crippen molar-refractivity contribution in [1.82, 2.24) is 15.5 Å². The highest BCUT2D eigenvalue weighted by Crippen LogP contribution is 2.13. The lowest BCUT2D eigenvalue weighted by molar-refractivity contribution is -0.116. The molecule has 146 valence electrons. The number of benzene rings is 2. The van der Waals surface area contributed by atoms with E-state index in [1.807, 2.05) is 17.0 Å². The van der Waals surface area contributed by atoms with Gasteiger partial charge >= 0.3 is 0 Å². The first kappa shape index (κ1) is 19.8. The third-order valence-corrected chi connectivity index (χ3v) is 4.79. The molecule has 1 aliphatic heterocycles. The molecule has 2 N–H and O–H groups in total. The van der Waals surface area contributed by atoms with Crippen LogP contribution in [0.4, 0.5) is 4.39 Å².